The van der Waals surface area contributed by atoms with Crippen LogP contribution in [0.1, 0.15) is 19.8 Å². The number of hydrogen-bond donors (Lipinski definition) is 3. The number of rotatable bonds is 4. The highest BCUT2D eigenvalue weighted by Gasteiger charge is 2.42. The number of amides is 1. The lowest BCUT2D eigenvalue weighted by molar-refractivity contribution is -0.120. The van der Waals surface area contributed by atoms with E-state index in [1.165, 1.54) is 0 Å². The molecule has 12 heavy (non-hydrogen) atoms. The van der Waals surface area contributed by atoms with E-state index >= 15 is 0 Å². The summed E-state index contributed by atoms with van der Waals surface area (Å²) in [6.07, 6.45) is 2.04. The highest BCUT2D eigenvalue weighted by atomic mass is 32.1. The molecular formula is C8H15NO2S. The fraction of sp³-hybridized carbons (Fsp3) is 0.875. The number of aliphatic hydroxyl groups is 1. The number of carbonyl (C=O) groups excluding carboxylic acids is 1. The molecule has 1 aliphatic rings. The molecule has 2 N–H and O–H groups in total. The molecule has 1 saturated carbocycles. The van der Waals surface area contributed by atoms with Crippen molar-refractivity contribution in [1.29, 1.82) is 0 Å². The van der Waals surface area contributed by atoms with Crippen LogP contribution in [0.2, 0.25) is 0 Å². The molecule has 3 nitrogen and oxygen atoms in total. The van der Waals surface area contributed by atoms with Gasteiger partial charge in [-0.2, -0.15) is 12.6 Å². The van der Waals surface area contributed by atoms with E-state index < -0.39 is 0 Å². The van der Waals surface area contributed by atoms with Crippen LogP contribution in [0.4, 0.5) is 0 Å². The predicted octanol–water partition coefficient (Wildman–Crippen LogP) is 0.193. The summed E-state index contributed by atoms with van der Waals surface area (Å²) in [7, 11) is 0. The van der Waals surface area contributed by atoms with Crippen molar-refractivity contribution in [3.05, 3.63) is 0 Å². The van der Waals surface area contributed by atoms with Crippen molar-refractivity contribution in [2.45, 2.75) is 25.0 Å². The summed E-state index contributed by atoms with van der Waals surface area (Å²) >= 11 is 4.00. The molecule has 70 valence electrons. The first-order valence-electron chi connectivity index (χ1n) is 4.16. The quantitative estimate of drug-likeness (QED) is 0.553. The molecule has 0 bridgehead atoms. The minimum absolute atomic E-state index is 0.00166. The second-order valence-electron chi connectivity index (χ2n) is 3.55. The SMILES string of the molecule is CC(S)C(=O)NCC1(CO)CC1. The van der Waals surface area contributed by atoms with Crippen molar-refractivity contribution >= 4 is 18.5 Å². The van der Waals surface area contributed by atoms with Crippen LogP contribution in [0.3, 0.4) is 0 Å². The van der Waals surface area contributed by atoms with Gasteiger partial charge >= 0.3 is 0 Å². The molecule has 1 fully saturated rings. The zero-order valence-corrected chi connectivity index (χ0v) is 8.10. The van der Waals surface area contributed by atoms with Crippen LogP contribution in [0, 0.1) is 5.41 Å². The monoisotopic (exact) mass is 189 g/mol. The Kier molecular flexibility index (Phi) is 3.01. The van der Waals surface area contributed by atoms with Gasteiger partial charge in [0.25, 0.3) is 0 Å². The second kappa shape index (κ2) is 3.66. The van der Waals surface area contributed by atoms with E-state index in [0.29, 0.717) is 6.54 Å². The molecule has 1 amide bonds. The van der Waals surface area contributed by atoms with E-state index in [0.717, 1.165) is 12.8 Å². The number of carbonyl (C=O) groups is 1. The van der Waals surface area contributed by atoms with Crippen LogP contribution in [-0.4, -0.2) is 29.4 Å². The normalized spacial score (nSPS) is 21.6. The summed E-state index contributed by atoms with van der Waals surface area (Å²) < 4.78 is 0. The second-order valence-corrected chi connectivity index (χ2v) is 4.33. The van der Waals surface area contributed by atoms with Crippen molar-refractivity contribution in [3.8, 4) is 0 Å². The molecule has 0 aromatic carbocycles. The number of thiol groups is 1. The molecule has 0 aromatic heterocycles. The Bertz CT molecular complexity index is 178. The lowest BCUT2D eigenvalue weighted by Gasteiger charge is -2.13. The average Bonchev–Trinajstić information content (AvgIpc) is 2.81. The van der Waals surface area contributed by atoms with Crippen LogP contribution in [0.15, 0.2) is 0 Å². The summed E-state index contributed by atoms with van der Waals surface area (Å²) in [5.41, 5.74) is -0.00166. The van der Waals surface area contributed by atoms with Gasteiger partial charge in [0.05, 0.1) is 11.9 Å². The van der Waals surface area contributed by atoms with Gasteiger partial charge in [-0.3, -0.25) is 4.79 Å². The van der Waals surface area contributed by atoms with Gasteiger partial charge in [-0.25, -0.2) is 0 Å². The van der Waals surface area contributed by atoms with Crippen molar-refractivity contribution in [2.75, 3.05) is 13.2 Å². The standard InChI is InChI=1S/C8H15NO2S/c1-6(12)7(11)9-4-8(5-10)2-3-8/h6,10,12H,2-5H2,1H3,(H,9,11). The van der Waals surface area contributed by atoms with Gasteiger partial charge in [-0.1, -0.05) is 0 Å². The summed E-state index contributed by atoms with van der Waals surface area (Å²) in [6.45, 7) is 2.50. The van der Waals surface area contributed by atoms with Gasteiger partial charge in [0, 0.05) is 12.0 Å². The Morgan fingerprint density at radius 1 is 1.75 bits per heavy atom. The molecule has 1 rings (SSSR count). The summed E-state index contributed by atoms with van der Waals surface area (Å²) in [4.78, 5) is 11.1. The Labute approximate surface area is 77.9 Å². The molecule has 0 aliphatic heterocycles. The lowest BCUT2D eigenvalue weighted by atomic mass is 10.1. The molecule has 1 aliphatic carbocycles. The summed E-state index contributed by atoms with van der Waals surface area (Å²) in [5.74, 6) is -0.0574. The van der Waals surface area contributed by atoms with E-state index in [-0.39, 0.29) is 23.2 Å². The molecular weight excluding hydrogens is 174 g/mol. The molecule has 4 heteroatoms. The Hall–Kier alpha value is -0.220. The van der Waals surface area contributed by atoms with E-state index in [4.69, 9.17) is 5.11 Å². The van der Waals surface area contributed by atoms with Gasteiger partial charge in [0.2, 0.25) is 5.91 Å². The van der Waals surface area contributed by atoms with E-state index in [1.54, 1.807) is 6.92 Å². The van der Waals surface area contributed by atoms with Gasteiger partial charge in [-0.15, -0.1) is 0 Å². The minimum Gasteiger partial charge on any atom is -0.396 e. The molecule has 0 heterocycles. The highest BCUT2D eigenvalue weighted by Crippen LogP contribution is 2.44. The largest absolute Gasteiger partial charge is 0.396 e. The molecule has 1 unspecified atom stereocenters. The third-order valence-corrected chi connectivity index (χ3v) is 2.54. The predicted molar refractivity (Wildman–Crippen MR) is 50.2 cm³/mol. The number of aliphatic hydroxyl groups excluding tert-OH is 1. The fourth-order valence-electron chi connectivity index (χ4n) is 0.990. The first-order chi connectivity index (χ1) is 5.59. The van der Waals surface area contributed by atoms with Crippen LogP contribution in [0.25, 0.3) is 0 Å². The Morgan fingerprint density at radius 3 is 2.67 bits per heavy atom. The maximum absolute atomic E-state index is 11.1. The number of nitrogens with one attached hydrogen (secondary N) is 1. The zero-order valence-electron chi connectivity index (χ0n) is 7.21. The molecule has 1 atom stereocenters. The van der Waals surface area contributed by atoms with E-state index in [9.17, 15) is 4.79 Å². The first-order valence-corrected chi connectivity index (χ1v) is 4.68. The van der Waals surface area contributed by atoms with Gasteiger partial charge in [-0.05, 0) is 19.8 Å². The molecule has 0 saturated heterocycles. The topological polar surface area (TPSA) is 49.3 Å². The molecule has 0 spiro atoms. The van der Waals surface area contributed by atoms with Crippen molar-refractivity contribution in [3.63, 3.8) is 0 Å². The first kappa shape index (κ1) is 9.86. The van der Waals surface area contributed by atoms with Gasteiger partial charge < -0.3 is 10.4 Å². The average molecular weight is 189 g/mol. The van der Waals surface area contributed by atoms with Crippen LogP contribution in [-0.2, 0) is 4.79 Å². The smallest absolute Gasteiger partial charge is 0.232 e. The maximum Gasteiger partial charge on any atom is 0.232 e. The fourth-order valence-corrected chi connectivity index (χ4v) is 1.08. The third kappa shape index (κ3) is 2.38. The Morgan fingerprint density at radius 2 is 2.33 bits per heavy atom. The van der Waals surface area contributed by atoms with Crippen molar-refractivity contribution in [2.24, 2.45) is 5.41 Å². The van der Waals surface area contributed by atoms with Crippen molar-refractivity contribution in [1.82, 2.24) is 5.32 Å². The van der Waals surface area contributed by atoms with Crippen LogP contribution in [0.5, 0.6) is 0 Å². The van der Waals surface area contributed by atoms with Gasteiger partial charge in [0.1, 0.15) is 0 Å². The van der Waals surface area contributed by atoms with E-state index in [1.807, 2.05) is 0 Å². The van der Waals surface area contributed by atoms with Gasteiger partial charge in [0.15, 0.2) is 0 Å². The minimum atomic E-state index is -0.264. The maximum atomic E-state index is 11.1. The van der Waals surface area contributed by atoms with Crippen LogP contribution >= 0.6 is 12.6 Å². The lowest BCUT2D eigenvalue weighted by Crippen LogP contribution is -2.35. The Balaban J connectivity index is 2.21. The summed E-state index contributed by atoms with van der Waals surface area (Å²) in [5, 5.41) is 11.4. The van der Waals surface area contributed by atoms with Crippen LogP contribution < -0.4 is 5.32 Å². The summed E-state index contributed by atoms with van der Waals surface area (Å²) in [6, 6.07) is 0. The number of hydrogen-bond acceptors (Lipinski definition) is 3. The zero-order chi connectivity index (χ0) is 9.19. The highest BCUT2D eigenvalue weighted by molar-refractivity contribution is 7.81. The third-order valence-electron chi connectivity index (χ3n) is 2.31. The van der Waals surface area contributed by atoms with Crippen molar-refractivity contribution < 1.29 is 9.90 Å². The molecule has 0 aromatic rings. The molecule has 0 radical (unpaired) electrons. The van der Waals surface area contributed by atoms with E-state index in [2.05, 4.69) is 17.9 Å².